The second-order valence-electron chi connectivity index (χ2n) is 8.20. The van der Waals surface area contributed by atoms with E-state index >= 15 is 0 Å². The van der Waals surface area contributed by atoms with Crippen molar-refractivity contribution in [3.63, 3.8) is 0 Å². The van der Waals surface area contributed by atoms with E-state index in [1.807, 2.05) is 0 Å². The Bertz CT molecular complexity index is 1010. The van der Waals surface area contributed by atoms with Gasteiger partial charge < -0.3 is 19.8 Å². The highest BCUT2D eigenvalue weighted by Crippen LogP contribution is 2.39. The summed E-state index contributed by atoms with van der Waals surface area (Å²) in [5, 5.41) is 22.3. The van der Waals surface area contributed by atoms with Crippen LogP contribution in [0.4, 0.5) is 13.2 Å². The van der Waals surface area contributed by atoms with Crippen LogP contribution in [0.5, 0.6) is 5.75 Å². The normalized spacial score (nSPS) is 18.5. The van der Waals surface area contributed by atoms with Crippen LogP contribution >= 0.6 is 23.2 Å². The monoisotopic (exact) mass is 504 g/mol. The zero-order valence-electron chi connectivity index (χ0n) is 17.3. The Kier molecular flexibility index (Phi) is 6.80. The summed E-state index contributed by atoms with van der Waals surface area (Å²) in [5.41, 5.74) is 2.36. The van der Waals surface area contributed by atoms with Crippen LogP contribution in [0, 0.1) is 0 Å². The van der Waals surface area contributed by atoms with Gasteiger partial charge in [0.2, 0.25) is 0 Å². The number of hydrogen-bond acceptors (Lipinski definition) is 6. The number of alkyl halides is 3. The van der Waals surface area contributed by atoms with Crippen LogP contribution in [0.2, 0.25) is 10.0 Å². The average molecular weight is 505 g/mol. The van der Waals surface area contributed by atoms with Crippen LogP contribution in [0.25, 0.3) is 0 Å². The Morgan fingerprint density at radius 1 is 1.09 bits per heavy atom. The largest absolute Gasteiger partial charge is 0.573 e. The van der Waals surface area contributed by atoms with Gasteiger partial charge in [-0.2, -0.15) is 0 Å². The third-order valence-corrected chi connectivity index (χ3v) is 6.39. The average Bonchev–Trinajstić information content (AvgIpc) is 3.16. The molecule has 178 valence electrons. The lowest BCUT2D eigenvalue weighted by Crippen LogP contribution is -2.44. The number of piperidine rings is 1. The van der Waals surface area contributed by atoms with Crippen LogP contribution < -0.4 is 4.74 Å². The van der Waals surface area contributed by atoms with E-state index in [9.17, 15) is 23.4 Å². The lowest BCUT2D eigenvalue weighted by molar-refractivity contribution is -0.274. The highest BCUT2D eigenvalue weighted by atomic mass is 35.5. The molecule has 33 heavy (non-hydrogen) atoms. The molecule has 0 bridgehead atoms. The molecule has 0 unspecified atom stereocenters. The van der Waals surface area contributed by atoms with Gasteiger partial charge in [0, 0.05) is 44.5 Å². The molecular formula is C22H21Cl2F3N2O4. The summed E-state index contributed by atoms with van der Waals surface area (Å²) in [6, 6.07) is 9.70. The fourth-order valence-electron chi connectivity index (χ4n) is 4.09. The number of ether oxygens (including phenoxy) is 1. The molecule has 2 aliphatic heterocycles. The molecule has 0 atom stereocenters. The van der Waals surface area contributed by atoms with Crippen molar-refractivity contribution in [3.8, 4) is 5.75 Å². The molecule has 1 spiro atoms. The smallest absolute Gasteiger partial charge is 0.403 e. The first-order valence-corrected chi connectivity index (χ1v) is 11.0. The predicted octanol–water partition coefficient (Wildman–Crippen LogP) is 5.03. The van der Waals surface area contributed by atoms with Crippen molar-refractivity contribution in [2.24, 2.45) is 5.16 Å². The van der Waals surface area contributed by atoms with Crippen molar-refractivity contribution in [3.05, 3.63) is 63.1 Å². The fourth-order valence-corrected chi connectivity index (χ4v) is 4.70. The Hall–Kier alpha value is -2.04. The van der Waals surface area contributed by atoms with Gasteiger partial charge in [-0.15, -0.1) is 13.2 Å². The number of halogens is 5. The summed E-state index contributed by atoms with van der Waals surface area (Å²) in [6.45, 7) is 1.88. The molecule has 1 saturated heterocycles. The SMILES string of the molecule is OC(O)c1ccc(C2=NOC3(CCN(Cc4cc(Cl)c(OC(F)(F)F)c(Cl)c4)CC3)C2)cc1. The maximum atomic E-state index is 12.5. The van der Waals surface area contributed by atoms with Gasteiger partial charge in [0.05, 0.1) is 15.8 Å². The molecular weight excluding hydrogens is 484 g/mol. The first kappa shape index (κ1) is 24.1. The van der Waals surface area contributed by atoms with Crippen LogP contribution in [0.3, 0.4) is 0 Å². The van der Waals surface area contributed by atoms with Gasteiger partial charge in [-0.3, -0.25) is 4.90 Å². The van der Waals surface area contributed by atoms with Crippen LogP contribution in [-0.2, 0) is 11.4 Å². The molecule has 2 N–H and O–H groups in total. The minimum absolute atomic E-state index is 0.194. The van der Waals surface area contributed by atoms with Gasteiger partial charge >= 0.3 is 6.36 Å². The van der Waals surface area contributed by atoms with E-state index in [1.54, 1.807) is 24.3 Å². The molecule has 0 aliphatic carbocycles. The number of benzene rings is 2. The Morgan fingerprint density at radius 3 is 2.24 bits per heavy atom. The molecule has 6 nitrogen and oxygen atoms in total. The quantitative estimate of drug-likeness (QED) is 0.558. The number of rotatable bonds is 5. The van der Waals surface area contributed by atoms with Gasteiger partial charge in [-0.25, -0.2) is 0 Å². The summed E-state index contributed by atoms with van der Waals surface area (Å²) in [5.74, 6) is -0.599. The number of aliphatic hydroxyl groups is 2. The Morgan fingerprint density at radius 2 is 1.70 bits per heavy atom. The van der Waals surface area contributed by atoms with Gasteiger partial charge in [0.1, 0.15) is 5.60 Å². The molecule has 2 aliphatic rings. The van der Waals surface area contributed by atoms with E-state index in [0.717, 1.165) is 24.1 Å². The molecule has 1 fully saturated rings. The standard InChI is InChI=1S/C22H21Cl2F3N2O4/c23-16-9-13(10-17(24)19(16)32-22(25,26)27)12-29-7-5-21(6-8-29)11-18(28-33-21)14-1-3-15(4-2-14)20(30)31/h1-4,9-10,20,30-31H,5-8,11-12H2. The summed E-state index contributed by atoms with van der Waals surface area (Å²) in [7, 11) is 0. The van der Waals surface area contributed by atoms with E-state index < -0.39 is 24.0 Å². The van der Waals surface area contributed by atoms with E-state index in [0.29, 0.717) is 37.2 Å². The number of hydrogen-bond donors (Lipinski definition) is 2. The van der Waals surface area contributed by atoms with E-state index in [2.05, 4.69) is 14.8 Å². The number of aliphatic hydroxyl groups excluding tert-OH is 1. The van der Waals surface area contributed by atoms with Crippen molar-refractivity contribution in [2.45, 2.75) is 44.1 Å². The second kappa shape index (κ2) is 9.31. The molecule has 4 rings (SSSR count). The van der Waals surface area contributed by atoms with E-state index in [4.69, 9.17) is 28.0 Å². The van der Waals surface area contributed by atoms with Crippen molar-refractivity contribution < 1.29 is 33.0 Å². The van der Waals surface area contributed by atoms with Crippen molar-refractivity contribution in [1.29, 1.82) is 0 Å². The molecule has 2 heterocycles. The maximum absolute atomic E-state index is 12.5. The Balaban J connectivity index is 1.34. The van der Waals surface area contributed by atoms with Gasteiger partial charge in [-0.05, 0) is 23.3 Å². The summed E-state index contributed by atoms with van der Waals surface area (Å²) in [6.07, 6.45) is -4.30. The maximum Gasteiger partial charge on any atom is 0.573 e. The van der Waals surface area contributed by atoms with E-state index in [-0.39, 0.29) is 10.0 Å². The zero-order chi connectivity index (χ0) is 23.8. The minimum Gasteiger partial charge on any atom is -0.403 e. The Labute approximate surface area is 198 Å². The number of oxime groups is 1. The molecule has 2 aromatic rings. The molecule has 11 heteroatoms. The van der Waals surface area contributed by atoms with E-state index in [1.165, 1.54) is 12.1 Å². The van der Waals surface area contributed by atoms with Crippen molar-refractivity contribution in [2.75, 3.05) is 13.1 Å². The summed E-state index contributed by atoms with van der Waals surface area (Å²) < 4.78 is 41.5. The first-order chi connectivity index (χ1) is 15.5. The first-order valence-electron chi connectivity index (χ1n) is 10.2. The zero-order valence-corrected chi connectivity index (χ0v) is 18.8. The number of nitrogens with zero attached hydrogens (tertiary/aromatic N) is 2. The predicted molar refractivity (Wildman–Crippen MR) is 116 cm³/mol. The lowest BCUT2D eigenvalue weighted by atomic mass is 9.85. The van der Waals surface area contributed by atoms with Crippen LogP contribution in [-0.4, -0.2) is 45.9 Å². The molecule has 0 amide bonds. The fraction of sp³-hybridized carbons (Fsp3) is 0.409. The topological polar surface area (TPSA) is 74.5 Å². The van der Waals surface area contributed by atoms with Gasteiger partial charge in [0.25, 0.3) is 0 Å². The van der Waals surface area contributed by atoms with Crippen molar-refractivity contribution in [1.82, 2.24) is 4.90 Å². The third-order valence-electron chi connectivity index (χ3n) is 5.83. The van der Waals surface area contributed by atoms with Crippen molar-refractivity contribution >= 4 is 28.9 Å². The summed E-state index contributed by atoms with van der Waals surface area (Å²) >= 11 is 11.9. The second-order valence-corrected chi connectivity index (χ2v) is 9.01. The minimum atomic E-state index is -4.87. The van der Waals surface area contributed by atoms with Gasteiger partial charge in [0.15, 0.2) is 12.0 Å². The molecule has 2 aromatic carbocycles. The summed E-state index contributed by atoms with van der Waals surface area (Å²) in [4.78, 5) is 7.97. The molecule has 0 aromatic heterocycles. The molecule has 0 saturated carbocycles. The molecule has 0 radical (unpaired) electrons. The van der Waals surface area contributed by atoms with Crippen LogP contribution in [0.1, 0.15) is 42.2 Å². The highest BCUT2D eigenvalue weighted by molar-refractivity contribution is 6.37. The van der Waals surface area contributed by atoms with Gasteiger partial charge in [-0.1, -0.05) is 52.6 Å². The lowest BCUT2D eigenvalue weighted by Gasteiger charge is -2.37. The number of likely N-dealkylation sites (tertiary alicyclic amines) is 1. The van der Waals surface area contributed by atoms with Crippen LogP contribution in [0.15, 0.2) is 41.6 Å². The third kappa shape index (κ3) is 5.73. The highest BCUT2D eigenvalue weighted by Gasteiger charge is 2.42.